The Labute approximate surface area is 319 Å². The van der Waals surface area contributed by atoms with Gasteiger partial charge < -0.3 is 20.6 Å². The fraction of sp³-hybridized carbons (Fsp3) is 0.143. The van der Waals surface area contributed by atoms with E-state index in [2.05, 4.69) is 157 Å². The predicted molar refractivity (Wildman–Crippen MR) is 230 cm³/mol. The number of nitrogens with one attached hydrogen (secondary N) is 2. The molecule has 5 nitrogen and oxygen atoms in total. The number of aryl methyl sites for hydroxylation is 1. The third-order valence-corrected chi connectivity index (χ3v) is 9.63. The number of amidine groups is 1. The van der Waals surface area contributed by atoms with Gasteiger partial charge >= 0.3 is 0 Å². The van der Waals surface area contributed by atoms with Gasteiger partial charge in [0.1, 0.15) is 5.84 Å². The highest BCUT2D eigenvalue weighted by molar-refractivity contribution is 6.07. The molecule has 0 saturated carbocycles. The molecular weight excluding hydrogens is 663 g/mol. The maximum absolute atomic E-state index is 7.01. The Balaban J connectivity index is 0.000000159. The molecule has 1 heterocycles. The molecule has 0 spiro atoms. The van der Waals surface area contributed by atoms with Gasteiger partial charge in [-0.05, 0) is 77.0 Å². The molecule has 1 aliphatic heterocycles. The summed E-state index contributed by atoms with van der Waals surface area (Å²) in [6, 6.07) is 41.7. The molecule has 0 fully saturated rings. The Bertz CT molecular complexity index is 2350. The van der Waals surface area contributed by atoms with E-state index in [1.54, 1.807) is 12.2 Å². The maximum Gasteiger partial charge on any atom is 0.170 e. The zero-order chi connectivity index (χ0) is 38.8. The van der Waals surface area contributed by atoms with Crippen LogP contribution in [0.1, 0.15) is 43.0 Å². The van der Waals surface area contributed by atoms with E-state index in [0.717, 1.165) is 17.1 Å². The van der Waals surface area contributed by atoms with E-state index >= 15 is 0 Å². The van der Waals surface area contributed by atoms with Crippen LogP contribution >= 0.6 is 0 Å². The van der Waals surface area contributed by atoms with Crippen LogP contribution in [0.2, 0.25) is 0 Å². The molecule has 5 heteroatoms. The van der Waals surface area contributed by atoms with E-state index in [1.165, 1.54) is 54.9 Å². The minimum atomic E-state index is -0.0522. The van der Waals surface area contributed by atoms with Crippen LogP contribution in [0.25, 0.3) is 32.7 Å². The second kappa shape index (κ2) is 17.4. The molecule has 54 heavy (non-hydrogen) atoms. The second-order valence-corrected chi connectivity index (χ2v) is 13.7. The Hall–Kier alpha value is -6.46. The van der Waals surface area contributed by atoms with E-state index in [-0.39, 0.29) is 23.5 Å². The summed E-state index contributed by atoms with van der Waals surface area (Å²) in [6.07, 6.45) is 9.54. The van der Waals surface area contributed by atoms with Gasteiger partial charge in [-0.2, -0.15) is 0 Å². The molecular formula is C49H49N3O2. The largest absolute Gasteiger partial charge is 0.478 e. The lowest BCUT2D eigenvalue weighted by molar-refractivity contribution is 0.0755. The Morgan fingerprint density at radius 2 is 1.35 bits per heavy atom. The molecule has 0 saturated heterocycles. The molecule has 2 aliphatic carbocycles. The summed E-state index contributed by atoms with van der Waals surface area (Å²) in [5, 5.41) is 17.8. The van der Waals surface area contributed by atoms with Crippen molar-refractivity contribution in [3.63, 3.8) is 0 Å². The summed E-state index contributed by atoms with van der Waals surface area (Å²) in [7, 11) is 0. The van der Waals surface area contributed by atoms with Gasteiger partial charge in [0.25, 0.3) is 0 Å². The Kier molecular flexibility index (Phi) is 12.5. The van der Waals surface area contributed by atoms with Crippen molar-refractivity contribution in [3.8, 4) is 22.6 Å². The first-order chi connectivity index (χ1) is 26.1. The van der Waals surface area contributed by atoms with E-state index in [9.17, 15) is 0 Å². The lowest BCUT2D eigenvalue weighted by Gasteiger charge is -2.34. The lowest BCUT2D eigenvalue weighted by Crippen LogP contribution is -2.38. The molecule has 9 rings (SSSR count). The average molecular weight is 712 g/mol. The first-order valence-electron chi connectivity index (χ1n) is 18.0. The fourth-order valence-corrected chi connectivity index (χ4v) is 6.96. The molecule has 0 bridgehead atoms. The number of benzene rings is 6. The van der Waals surface area contributed by atoms with Crippen molar-refractivity contribution in [2.24, 2.45) is 5.73 Å². The van der Waals surface area contributed by atoms with Gasteiger partial charge in [-0.3, -0.25) is 5.41 Å². The molecule has 2 unspecified atom stereocenters. The number of rotatable bonds is 2. The highest BCUT2D eigenvalue weighted by Crippen LogP contribution is 2.56. The van der Waals surface area contributed by atoms with E-state index in [0.29, 0.717) is 0 Å². The van der Waals surface area contributed by atoms with E-state index < -0.39 is 0 Å². The molecule has 0 radical (unpaired) electrons. The zero-order valence-corrected chi connectivity index (χ0v) is 31.6. The molecule has 4 N–H and O–H groups in total. The molecule has 6 aromatic carbocycles. The van der Waals surface area contributed by atoms with Crippen molar-refractivity contribution in [1.29, 1.82) is 10.8 Å². The van der Waals surface area contributed by atoms with Crippen LogP contribution in [0.5, 0.6) is 11.5 Å². The monoisotopic (exact) mass is 711 g/mol. The quantitative estimate of drug-likeness (QED) is 0.0722. The maximum atomic E-state index is 7.01. The minimum absolute atomic E-state index is 0.0138. The minimum Gasteiger partial charge on any atom is -0.478 e. The van der Waals surface area contributed by atoms with Crippen molar-refractivity contribution in [3.05, 3.63) is 193 Å². The van der Waals surface area contributed by atoms with Gasteiger partial charge in [0.2, 0.25) is 0 Å². The van der Waals surface area contributed by atoms with Crippen molar-refractivity contribution >= 4 is 34.1 Å². The smallest absolute Gasteiger partial charge is 0.170 e. The molecule has 0 aromatic heterocycles. The third kappa shape index (κ3) is 8.27. The summed E-state index contributed by atoms with van der Waals surface area (Å²) in [6.45, 7) is 18.0. The number of allylic oxidation sites excluding steroid dienone is 4. The first kappa shape index (κ1) is 38.8. The highest BCUT2D eigenvalue weighted by Gasteiger charge is 2.41. The van der Waals surface area contributed by atoms with Crippen LogP contribution in [0.15, 0.2) is 170 Å². The second-order valence-electron chi connectivity index (χ2n) is 13.7. The van der Waals surface area contributed by atoms with E-state index in [1.807, 2.05) is 30.3 Å². The number of ether oxygens (including phenoxy) is 2. The van der Waals surface area contributed by atoms with Gasteiger partial charge in [-0.25, -0.2) is 0 Å². The summed E-state index contributed by atoms with van der Waals surface area (Å²) >= 11 is 0. The number of nitrogen functional groups attached to an aromatic ring is 1. The molecule has 2 atom stereocenters. The first-order valence-corrected chi connectivity index (χ1v) is 18.0. The van der Waals surface area contributed by atoms with Crippen LogP contribution in [0, 0.1) is 17.7 Å². The summed E-state index contributed by atoms with van der Waals surface area (Å²) in [5.74, 6) is 1.86. The highest BCUT2D eigenvalue weighted by atomic mass is 16.6. The normalized spacial score (nSPS) is 16.0. The topological polar surface area (TPSA) is 92.2 Å². The van der Waals surface area contributed by atoms with Gasteiger partial charge in [0.15, 0.2) is 23.7 Å². The van der Waals surface area contributed by atoms with Crippen molar-refractivity contribution in [1.82, 2.24) is 0 Å². The zero-order valence-electron chi connectivity index (χ0n) is 31.6. The van der Waals surface area contributed by atoms with Crippen LogP contribution < -0.4 is 15.2 Å². The van der Waals surface area contributed by atoms with Crippen molar-refractivity contribution < 1.29 is 9.47 Å². The van der Waals surface area contributed by atoms with Gasteiger partial charge in [0, 0.05) is 16.5 Å². The van der Waals surface area contributed by atoms with Crippen LogP contribution in [0.3, 0.4) is 0 Å². The van der Waals surface area contributed by atoms with E-state index in [4.69, 9.17) is 26.0 Å². The average Bonchev–Trinajstić information content (AvgIpc) is 3.44. The van der Waals surface area contributed by atoms with Crippen LogP contribution in [0.4, 0.5) is 0 Å². The Morgan fingerprint density at radius 1 is 0.704 bits per heavy atom. The Morgan fingerprint density at radius 3 is 2.06 bits per heavy atom. The summed E-state index contributed by atoms with van der Waals surface area (Å²) in [5.41, 5.74) is 13.6. The van der Waals surface area contributed by atoms with Crippen LogP contribution in [-0.4, -0.2) is 24.8 Å². The summed E-state index contributed by atoms with van der Waals surface area (Å²) < 4.78 is 12.7. The van der Waals surface area contributed by atoms with Gasteiger partial charge in [-0.15, -0.1) is 0 Å². The fourth-order valence-electron chi connectivity index (χ4n) is 6.96. The molecule has 272 valence electrons. The van der Waals surface area contributed by atoms with Crippen LogP contribution in [-0.2, 0) is 5.41 Å². The number of hydrogen-bond acceptors (Lipinski definition) is 4. The number of nitrogens with two attached hydrogens (primary N) is 1. The SMILES string of the molecule is C=CC=C.C=N.CC1=CC2Oc3ccc4c(c3OC2C=C1)-c1ccccc1C4(C)C.Cc1ccc2c(ccc3ccccc32)c1.N=C(N)c1ccccc1. The lowest BCUT2D eigenvalue weighted by atomic mass is 9.82. The molecule has 0 amide bonds. The van der Waals surface area contributed by atoms with Gasteiger partial charge in [-0.1, -0.05) is 172 Å². The number of hydrogen-bond donors (Lipinski definition) is 3. The molecule has 3 aliphatic rings. The standard InChI is InChI=1S/C22H20O2.C15H12.C7H8N2.C4H6.CH3N/c1-13-8-10-17-19(12-13)23-18-11-9-16-20(21(18)24-17)14-6-4-5-7-15(14)22(16,2)3;1-11-6-9-15-13(10-11)8-7-12-4-2-3-5-14(12)15;8-7(9)6-4-2-1-3-5-6;1-3-4-2;1-2/h4-12,17,19H,1-3H3;2-10H,1H3;1-5H,(H3,8,9);3-4H,1-2H2;2H,1H2. The molecule has 6 aromatic rings. The number of fused-ring (bicyclic) bond motifs is 9. The third-order valence-electron chi connectivity index (χ3n) is 9.63. The van der Waals surface area contributed by atoms with Crippen molar-refractivity contribution in [2.45, 2.75) is 45.3 Å². The predicted octanol–water partition coefficient (Wildman–Crippen LogP) is 11.9. The van der Waals surface area contributed by atoms with Crippen molar-refractivity contribution in [2.75, 3.05) is 0 Å². The summed E-state index contributed by atoms with van der Waals surface area (Å²) in [4.78, 5) is 0. The van der Waals surface area contributed by atoms with Gasteiger partial charge in [0.05, 0.1) is 0 Å².